The Morgan fingerprint density at radius 1 is 1.44 bits per heavy atom. The standard InChI is InChI=1S/C13H29N3/c1-7-11(2)16-12(8-14-5)9-15(6)10-13(16,3)4/h11-12,14H,7-10H2,1-6H3. The van der Waals surface area contributed by atoms with Crippen LogP contribution in [0.1, 0.15) is 34.1 Å². The first kappa shape index (κ1) is 13.9. The Balaban J connectivity index is 2.85. The van der Waals surface area contributed by atoms with E-state index in [-0.39, 0.29) is 5.54 Å². The molecule has 1 heterocycles. The van der Waals surface area contributed by atoms with Gasteiger partial charge in [-0.05, 0) is 41.3 Å². The quantitative estimate of drug-likeness (QED) is 0.783. The molecule has 2 unspecified atom stereocenters. The van der Waals surface area contributed by atoms with Crippen molar-refractivity contribution in [3.8, 4) is 0 Å². The minimum Gasteiger partial charge on any atom is -0.318 e. The van der Waals surface area contributed by atoms with Crippen molar-refractivity contribution >= 4 is 0 Å². The zero-order chi connectivity index (χ0) is 12.3. The molecule has 16 heavy (non-hydrogen) atoms. The van der Waals surface area contributed by atoms with Gasteiger partial charge in [0.1, 0.15) is 0 Å². The molecule has 0 spiro atoms. The first-order valence-electron chi connectivity index (χ1n) is 6.54. The van der Waals surface area contributed by atoms with Crippen molar-refractivity contribution < 1.29 is 0 Å². The first-order chi connectivity index (χ1) is 7.42. The first-order valence-corrected chi connectivity index (χ1v) is 6.54. The van der Waals surface area contributed by atoms with E-state index < -0.39 is 0 Å². The molecule has 0 bridgehead atoms. The van der Waals surface area contributed by atoms with Gasteiger partial charge in [-0.15, -0.1) is 0 Å². The van der Waals surface area contributed by atoms with Gasteiger partial charge in [0.15, 0.2) is 0 Å². The molecule has 3 heteroatoms. The molecule has 1 aliphatic heterocycles. The van der Waals surface area contributed by atoms with E-state index in [0.29, 0.717) is 12.1 Å². The lowest BCUT2D eigenvalue weighted by Gasteiger charge is -2.53. The summed E-state index contributed by atoms with van der Waals surface area (Å²) in [6.45, 7) is 12.8. The van der Waals surface area contributed by atoms with Crippen molar-refractivity contribution in [2.75, 3.05) is 33.7 Å². The molecule has 0 radical (unpaired) electrons. The summed E-state index contributed by atoms with van der Waals surface area (Å²) in [5.41, 5.74) is 0.282. The average molecular weight is 227 g/mol. The lowest BCUT2D eigenvalue weighted by Crippen LogP contribution is -2.67. The fraction of sp³-hybridized carbons (Fsp3) is 1.00. The van der Waals surface area contributed by atoms with E-state index >= 15 is 0 Å². The van der Waals surface area contributed by atoms with Gasteiger partial charge in [0.05, 0.1) is 0 Å². The Morgan fingerprint density at radius 2 is 2.06 bits per heavy atom. The molecule has 0 aromatic heterocycles. The van der Waals surface area contributed by atoms with Crippen molar-refractivity contribution in [1.29, 1.82) is 0 Å². The van der Waals surface area contributed by atoms with Crippen molar-refractivity contribution in [3.05, 3.63) is 0 Å². The summed E-state index contributed by atoms with van der Waals surface area (Å²) in [5, 5.41) is 3.34. The van der Waals surface area contributed by atoms with Crippen LogP contribution in [0.4, 0.5) is 0 Å². The predicted molar refractivity (Wildman–Crippen MR) is 70.9 cm³/mol. The van der Waals surface area contributed by atoms with Crippen LogP contribution in [0.3, 0.4) is 0 Å². The van der Waals surface area contributed by atoms with Gasteiger partial charge in [-0.3, -0.25) is 4.90 Å². The van der Waals surface area contributed by atoms with Gasteiger partial charge in [-0.1, -0.05) is 6.92 Å². The van der Waals surface area contributed by atoms with Crippen LogP contribution in [-0.2, 0) is 0 Å². The fourth-order valence-electron chi connectivity index (χ4n) is 3.30. The van der Waals surface area contributed by atoms with E-state index in [0.717, 1.165) is 13.1 Å². The molecule has 96 valence electrons. The third-order valence-electron chi connectivity index (χ3n) is 3.78. The van der Waals surface area contributed by atoms with Gasteiger partial charge >= 0.3 is 0 Å². The molecular weight excluding hydrogens is 198 g/mol. The number of rotatable bonds is 4. The van der Waals surface area contributed by atoms with Crippen LogP contribution in [0, 0.1) is 0 Å². The number of hydrogen-bond acceptors (Lipinski definition) is 3. The van der Waals surface area contributed by atoms with Gasteiger partial charge in [-0.2, -0.15) is 0 Å². The van der Waals surface area contributed by atoms with Crippen LogP contribution in [0.15, 0.2) is 0 Å². The highest BCUT2D eigenvalue weighted by molar-refractivity contribution is 4.97. The highest BCUT2D eigenvalue weighted by atomic mass is 15.3. The minimum absolute atomic E-state index is 0.282. The second-order valence-electron chi connectivity index (χ2n) is 5.89. The largest absolute Gasteiger partial charge is 0.318 e. The van der Waals surface area contributed by atoms with Crippen molar-refractivity contribution in [2.24, 2.45) is 0 Å². The van der Waals surface area contributed by atoms with Crippen LogP contribution in [-0.4, -0.2) is 61.2 Å². The summed E-state index contributed by atoms with van der Waals surface area (Å²) in [5.74, 6) is 0. The van der Waals surface area contributed by atoms with Crippen LogP contribution in [0.2, 0.25) is 0 Å². The minimum atomic E-state index is 0.282. The van der Waals surface area contributed by atoms with E-state index in [9.17, 15) is 0 Å². The molecule has 1 aliphatic rings. The van der Waals surface area contributed by atoms with Crippen LogP contribution >= 0.6 is 0 Å². The summed E-state index contributed by atoms with van der Waals surface area (Å²) in [4.78, 5) is 5.17. The average Bonchev–Trinajstić information content (AvgIpc) is 2.15. The van der Waals surface area contributed by atoms with Gasteiger partial charge in [0, 0.05) is 37.3 Å². The Morgan fingerprint density at radius 3 is 2.56 bits per heavy atom. The van der Waals surface area contributed by atoms with Crippen LogP contribution in [0.25, 0.3) is 0 Å². The van der Waals surface area contributed by atoms with E-state index in [1.54, 1.807) is 0 Å². The smallest absolute Gasteiger partial charge is 0.0356 e. The van der Waals surface area contributed by atoms with Gasteiger partial charge in [0.2, 0.25) is 0 Å². The van der Waals surface area contributed by atoms with E-state index in [1.165, 1.54) is 13.0 Å². The second kappa shape index (κ2) is 5.48. The number of hydrogen-bond donors (Lipinski definition) is 1. The lowest BCUT2D eigenvalue weighted by molar-refractivity contribution is -0.0416. The zero-order valence-corrected chi connectivity index (χ0v) is 11.9. The van der Waals surface area contributed by atoms with Gasteiger partial charge in [-0.25, -0.2) is 0 Å². The summed E-state index contributed by atoms with van der Waals surface area (Å²) in [6, 6.07) is 1.30. The summed E-state index contributed by atoms with van der Waals surface area (Å²) in [6.07, 6.45) is 1.23. The Kier molecular flexibility index (Phi) is 4.77. The number of piperazine rings is 1. The van der Waals surface area contributed by atoms with Gasteiger partial charge < -0.3 is 10.2 Å². The van der Waals surface area contributed by atoms with Crippen LogP contribution < -0.4 is 5.32 Å². The van der Waals surface area contributed by atoms with E-state index in [4.69, 9.17) is 0 Å². The molecule has 0 saturated carbocycles. The maximum Gasteiger partial charge on any atom is 0.0356 e. The summed E-state index contributed by atoms with van der Waals surface area (Å²) >= 11 is 0. The molecule has 1 saturated heterocycles. The molecule has 0 aromatic carbocycles. The van der Waals surface area contributed by atoms with Crippen molar-refractivity contribution in [2.45, 2.75) is 51.7 Å². The monoisotopic (exact) mass is 227 g/mol. The van der Waals surface area contributed by atoms with Gasteiger partial charge in [0.25, 0.3) is 0 Å². The molecular formula is C13H29N3. The summed E-state index contributed by atoms with van der Waals surface area (Å²) in [7, 11) is 4.29. The Bertz CT molecular complexity index is 215. The number of nitrogens with one attached hydrogen (secondary N) is 1. The second-order valence-corrected chi connectivity index (χ2v) is 5.89. The molecule has 1 fully saturated rings. The van der Waals surface area contributed by atoms with Crippen molar-refractivity contribution in [1.82, 2.24) is 15.1 Å². The summed E-state index contributed by atoms with van der Waals surface area (Å²) < 4.78 is 0. The lowest BCUT2D eigenvalue weighted by atomic mass is 9.92. The van der Waals surface area contributed by atoms with E-state index in [2.05, 4.69) is 56.9 Å². The SMILES string of the molecule is CCC(C)N1C(CNC)CN(C)CC1(C)C. The van der Waals surface area contributed by atoms with Crippen LogP contribution in [0.5, 0.6) is 0 Å². The zero-order valence-electron chi connectivity index (χ0n) is 11.9. The molecule has 1 N–H and O–H groups in total. The highest BCUT2D eigenvalue weighted by Crippen LogP contribution is 2.27. The third-order valence-corrected chi connectivity index (χ3v) is 3.78. The maximum absolute atomic E-state index is 3.34. The molecule has 1 rings (SSSR count). The topological polar surface area (TPSA) is 18.5 Å². The van der Waals surface area contributed by atoms with E-state index in [1.807, 2.05) is 0 Å². The molecule has 0 aromatic rings. The highest BCUT2D eigenvalue weighted by Gasteiger charge is 2.40. The third kappa shape index (κ3) is 2.96. The maximum atomic E-state index is 3.34. The molecule has 0 amide bonds. The normalized spacial score (nSPS) is 29.2. The molecule has 2 atom stereocenters. The molecule has 0 aliphatic carbocycles. The fourth-order valence-corrected chi connectivity index (χ4v) is 3.30. The Labute approximate surface area is 101 Å². The number of likely N-dealkylation sites (N-methyl/N-ethyl adjacent to an activating group) is 2. The molecule has 3 nitrogen and oxygen atoms in total. The number of nitrogens with zero attached hydrogens (tertiary/aromatic N) is 2. The Hall–Kier alpha value is -0.120. The predicted octanol–water partition coefficient (Wildman–Crippen LogP) is 1.40. The van der Waals surface area contributed by atoms with Crippen molar-refractivity contribution in [3.63, 3.8) is 0 Å².